The first-order valence-corrected chi connectivity index (χ1v) is 10.1. The van der Waals surface area contributed by atoms with E-state index in [0.29, 0.717) is 10.8 Å². The third-order valence-electron chi connectivity index (χ3n) is 5.10. The summed E-state index contributed by atoms with van der Waals surface area (Å²) in [6.07, 6.45) is 1.89. The molecule has 1 fully saturated rings. The first-order valence-electron chi connectivity index (χ1n) is 9.73. The summed E-state index contributed by atoms with van der Waals surface area (Å²) in [5.74, 6) is 0.331. The Bertz CT molecular complexity index is 1100. The summed E-state index contributed by atoms with van der Waals surface area (Å²) in [5, 5.41) is 8.05. The Morgan fingerprint density at radius 3 is 2.62 bits per heavy atom. The molecule has 3 aromatic rings. The van der Waals surface area contributed by atoms with Gasteiger partial charge in [-0.15, -0.1) is 5.10 Å². The lowest BCUT2D eigenvalue weighted by Gasteiger charge is -2.14. The van der Waals surface area contributed by atoms with Crippen LogP contribution in [-0.2, 0) is 11.3 Å². The van der Waals surface area contributed by atoms with Gasteiger partial charge in [0.1, 0.15) is 6.54 Å². The third kappa shape index (κ3) is 4.27. The zero-order valence-corrected chi connectivity index (χ0v) is 17.2. The van der Waals surface area contributed by atoms with Gasteiger partial charge in [0.15, 0.2) is 5.82 Å². The van der Waals surface area contributed by atoms with Gasteiger partial charge in [0.2, 0.25) is 5.91 Å². The Kier molecular flexibility index (Phi) is 5.28. The van der Waals surface area contributed by atoms with Gasteiger partial charge >= 0.3 is 5.69 Å². The summed E-state index contributed by atoms with van der Waals surface area (Å²) in [6, 6.07) is 15.2. The van der Waals surface area contributed by atoms with Crippen LogP contribution in [0.1, 0.15) is 43.0 Å². The smallest absolute Gasteiger partial charge is 0.346 e. The molecule has 6 nitrogen and oxygen atoms in total. The Labute approximate surface area is 174 Å². The number of hydrogen-bond acceptors (Lipinski definition) is 3. The van der Waals surface area contributed by atoms with Crippen LogP contribution in [0.2, 0.25) is 5.02 Å². The van der Waals surface area contributed by atoms with Crippen LogP contribution in [0.15, 0.2) is 53.3 Å². The quantitative estimate of drug-likeness (QED) is 0.670. The summed E-state index contributed by atoms with van der Waals surface area (Å²) >= 11 is 5.98. The normalized spacial score (nSPS) is 14.6. The molecule has 150 valence electrons. The van der Waals surface area contributed by atoms with Gasteiger partial charge in [0.25, 0.3) is 0 Å². The molecule has 29 heavy (non-hydrogen) atoms. The number of benzene rings is 2. The van der Waals surface area contributed by atoms with Crippen LogP contribution in [0.25, 0.3) is 11.4 Å². The number of carbonyl (C=O) groups is 1. The van der Waals surface area contributed by atoms with Crippen molar-refractivity contribution in [2.45, 2.75) is 45.3 Å². The predicted molar refractivity (Wildman–Crippen MR) is 113 cm³/mol. The number of aromatic nitrogens is 3. The third-order valence-corrected chi connectivity index (χ3v) is 5.35. The van der Waals surface area contributed by atoms with Crippen molar-refractivity contribution < 1.29 is 4.79 Å². The van der Waals surface area contributed by atoms with Gasteiger partial charge < -0.3 is 5.32 Å². The fraction of sp³-hybridized carbons (Fsp3) is 0.318. The highest BCUT2D eigenvalue weighted by molar-refractivity contribution is 6.30. The average Bonchev–Trinajstić information content (AvgIpc) is 3.47. The molecule has 4 rings (SSSR count). The second kappa shape index (κ2) is 7.87. The van der Waals surface area contributed by atoms with Gasteiger partial charge in [-0.3, -0.25) is 9.36 Å². The Balaban J connectivity index is 1.55. The lowest BCUT2D eigenvalue weighted by molar-refractivity contribution is -0.122. The average molecular weight is 411 g/mol. The SMILES string of the molecule is Cc1cccc(C(C)NC(=O)Cn2nc(-c3ccc(Cl)cc3)n(C3CC3)c2=O)c1. The van der Waals surface area contributed by atoms with Gasteiger partial charge in [-0.05, 0) is 56.5 Å². The second-order valence-corrected chi connectivity index (χ2v) is 8.01. The molecule has 1 aliphatic carbocycles. The standard InChI is InChI=1S/C22H23ClN4O2/c1-14-4-3-5-17(12-14)15(2)24-20(28)13-26-22(29)27(19-10-11-19)21(25-26)16-6-8-18(23)9-7-16/h3-9,12,15,19H,10-11,13H2,1-2H3,(H,24,28). The Hall–Kier alpha value is -2.86. The first kappa shape index (κ1) is 19.5. The molecule has 0 saturated heterocycles. The number of nitrogens with one attached hydrogen (secondary N) is 1. The van der Waals surface area contributed by atoms with E-state index in [1.807, 2.05) is 50.2 Å². The fourth-order valence-corrected chi connectivity index (χ4v) is 3.55. The van der Waals surface area contributed by atoms with E-state index < -0.39 is 0 Å². The number of rotatable bonds is 6. The molecule has 1 aliphatic rings. The van der Waals surface area contributed by atoms with Crippen molar-refractivity contribution in [2.24, 2.45) is 0 Å². The molecule has 2 aromatic carbocycles. The largest absolute Gasteiger partial charge is 0.348 e. The van der Waals surface area contributed by atoms with Crippen LogP contribution in [-0.4, -0.2) is 20.3 Å². The van der Waals surface area contributed by atoms with Crippen LogP contribution in [0.3, 0.4) is 0 Å². The van der Waals surface area contributed by atoms with E-state index in [-0.39, 0.29) is 30.2 Å². The van der Waals surface area contributed by atoms with Crippen LogP contribution in [0, 0.1) is 6.92 Å². The molecule has 0 radical (unpaired) electrons. The van der Waals surface area contributed by atoms with Crippen LogP contribution in [0.4, 0.5) is 0 Å². The molecule has 1 N–H and O–H groups in total. The molecule has 7 heteroatoms. The fourth-order valence-electron chi connectivity index (χ4n) is 3.43. The van der Waals surface area contributed by atoms with E-state index in [4.69, 9.17) is 11.6 Å². The monoisotopic (exact) mass is 410 g/mol. The van der Waals surface area contributed by atoms with Gasteiger partial charge in [-0.1, -0.05) is 41.4 Å². The summed E-state index contributed by atoms with van der Waals surface area (Å²) in [6.45, 7) is 3.83. The summed E-state index contributed by atoms with van der Waals surface area (Å²) < 4.78 is 2.95. The van der Waals surface area contributed by atoms with E-state index in [9.17, 15) is 9.59 Å². The first-order chi connectivity index (χ1) is 13.9. The van der Waals surface area contributed by atoms with Crippen molar-refractivity contribution in [2.75, 3.05) is 0 Å². The number of nitrogens with zero attached hydrogens (tertiary/aromatic N) is 3. The van der Waals surface area contributed by atoms with Crippen LogP contribution >= 0.6 is 11.6 Å². The molecule has 1 aromatic heterocycles. The number of carbonyl (C=O) groups excluding carboxylic acids is 1. The molecule has 0 bridgehead atoms. The minimum atomic E-state index is -0.254. The minimum Gasteiger partial charge on any atom is -0.348 e. The van der Waals surface area contributed by atoms with Gasteiger partial charge in [0.05, 0.1) is 6.04 Å². The molecular weight excluding hydrogens is 388 g/mol. The van der Waals surface area contributed by atoms with Crippen molar-refractivity contribution in [3.05, 3.63) is 75.2 Å². The summed E-state index contributed by atoms with van der Waals surface area (Å²) in [7, 11) is 0. The van der Waals surface area contributed by atoms with E-state index in [1.165, 1.54) is 4.68 Å². The van der Waals surface area contributed by atoms with Crippen molar-refractivity contribution in [1.29, 1.82) is 0 Å². The Morgan fingerprint density at radius 1 is 1.24 bits per heavy atom. The Morgan fingerprint density at radius 2 is 1.97 bits per heavy atom. The molecule has 1 atom stereocenters. The highest BCUT2D eigenvalue weighted by atomic mass is 35.5. The summed E-state index contributed by atoms with van der Waals surface area (Å²) in [5.41, 5.74) is 2.72. The van der Waals surface area contributed by atoms with E-state index >= 15 is 0 Å². The summed E-state index contributed by atoms with van der Waals surface area (Å²) in [4.78, 5) is 25.5. The molecule has 1 amide bonds. The number of hydrogen-bond donors (Lipinski definition) is 1. The van der Waals surface area contributed by atoms with E-state index in [1.54, 1.807) is 16.7 Å². The number of aryl methyl sites for hydroxylation is 1. The van der Waals surface area contributed by atoms with Gasteiger partial charge in [-0.25, -0.2) is 9.48 Å². The topological polar surface area (TPSA) is 68.9 Å². The van der Waals surface area contributed by atoms with Crippen molar-refractivity contribution in [3.8, 4) is 11.4 Å². The van der Waals surface area contributed by atoms with Gasteiger partial charge in [0, 0.05) is 16.6 Å². The maximum absolute atomic E-state index is 12.9. The lowest BCUT2D eigenvalue weighted by Crippen LogP contribution is -2.34. The highest BCUT2D eigenvalue weighted by Gasteiger charge is 2.30. The minimum absolute atomic E-state index is 0.116. The van der Waals surface area contributed by atoms with Crippen molar-refractivity contribution >= 4 is 17.5 Å². The molecule has 1 heterocycles. The molecule has 1 saturated carbocycles. The number of halogens is 1. The maximum Gasteiger partial charge on any atom is 0.346 e. The van der Waals surface area contributed by atoms with Gasteiger partial charge in [-0.2, -0.15) is 0 Å². The van der Waals surface area contributed by atoms with E-state index in [0.717, 1.165) is 29.5 Å². The number of amides is 1. The maximum atomic E-state index is 12.9. The predicted octanol–water partition coefficient (Wildman–Crippen LogP) is 3.89. The van der Waals surface area contributed by atoms with E-state index in [2.05, 4.69) is 10.4 Å². The highest BCUT2D eigenvalue weighted by Crippen LogP contribution is 2.36. The zero-order valence-electron chi connectivity index (χ0n) is 16.4. The van der Waals surface area contributed by atoms with Crippen LogP contribution in [0.5, 0.6) is 0 Å². The molecule has 0 aliphatic heterocycles. The van der Waals surface area contributed by atoms with Crippen LogP contribution < -0.4 is 11.0 Å². The molecular formula is C22H23ClN4O2. The molecule has 0 spiro atoms. The second-order valence-electron chi connectivity index (χ2n) is 7.58. The lowest BCUT2D eigenvalue weighted by atomic mass is 10.1. The van der Waals surface area contributed by atoms with Crippen molar-refractivity contribution in [3.63, 3.8) is 0 Å². The van der Waals surface area contributed by atoms with Crippen molar-refractivity contribution in [1.82, 2.24) is 19.7 Å². The zero-order chi connectivity index (χ0) is 20.5. The molecule has 1 unspecified atom stereocenters.